The van der Waals surface area contributed by atoms with Gasteiger partial charge in [-0.25, -0.2) is 0 Å². The molecule has 0 aromatic rings. The minimum Gasteiger partial charge on any atom is -0.313 e. The summed E-state index contributed by atoms with van der Waals surface area (Å²) < 4.78 is 30.1. The average Bonchev–Trinajstić information content (AvgIpc) is 2.56. The third-order valence-electron chi connectivity index (χ3n) is 5.22. The lowest BCUT2D eigenvalue weighted by molar-refractivity contribution is 0.281. The molecule has 0 heterocycles. The second-order valence-electron chi connectivity index (χ2n) is 6.52. The van der Waals surface area contributed by atoms with Gasteiger partial charge in [0.25, 0.3) is 10.1 Å². The first-order chi connectivity index (χ1) is 8.94. The minimum atomic E-state index is -3.81. The van der Waals surface area contributed by atoms with E-state index in [1.54, 1.807) is 5.57 Å². The summed E-state index contributed by atoms with van der Waals surface area (Å²) in [6.07, 6.45) is 6.90. The SMILES string of the molecule is CC1C=C2CC3CC(CC23)C1NCCCS(=O)(=O)O. The maximum atomic E-state index is 10.7. The lowest BCUT2D eigenvalue weighted by Crippen LogP contribution is -2.41. The molecule has 4 nitrogen and oxygen atoms in total. The first-order valence-electron chi connectivity index (χ1n) is 7.33. The molecule has 3 rings (SSSR count). The third-order valence-corrected chi connectivity index (χ3v) is 6.02. The Hall–Kier alpha value is -0.390. The van der Waals surface area contributed by atoms with E-state index in [4.69, 9.17) is 4.55 Å². The number of nitrogens with one attached hydrogen (secondary N) is 1. The van der Waals surface area contributed by atoms with Crippen molar-refractivity contribution in [2.75, 3.05) is 12.3 Å². The van der Waals surface area contributed by atoms with E-state index < -0.39 is 10.1 Å². The topological polar surface area (TPSA) is 66.4 Å². The molecule has 0 aromatic carbocycles. The Balaban J connectivity index is 1.56. The lowest BCUT2D eigenvalue weighted by Gasteiger charge is -2.37. The quantitative estimate of drug-likeness (QED) is 0.459. The van der Waals surface area contributed by atoms with E-state index >= 15 is 0 Å². The normalized spacial score (nSPS) is 40.5. The number of fused-ring (bicyclic) bond motifs is 1. The van der Waals surface area contributed by atoms with Crippen LogP contribution in [0.15, 0.2) is 11.6 Å². The third kappa shape index (κ3) is 2.73. The van der Waals surface area contributed by atoms with Crippen molar-refractivity contribution in [2.45, 2.75) is 38.6 Å². The molecule has 0 radical (unpaired) electrons. The van der Waals surface area contributed by atoms with Crippen LogP contribution in [0, 0.1) is 23.7 Å². The molecule has 0 spiro atoms. The van der Waals surface area contributed by atoms with E-state index in [-0.39, 0.29) is 5.75 Å². The predicted octanol–water partition coefficient (Wildman–Crippen LogP) is 1.84. The highest BCUT2D eigenvalue weighted by molar-refractivity contribution is 7.85. The van der Waals surface area contributed by atoms with Crippen LogP contribution in [0.3, 0.4) is 0 Å². The van der Waals surface area contributed by atoms with Crippen LogP contribution in [0.4, 0.5) is 0 Å². The van der Waals surface area contributed by atoms with Gasteiger partial charge in [-0.15, -0.1) is 0 Å². The van der Waals surface area contributed by atoms with Gasteiger partial charge in [-0.2, -0.15) is 8.42 Å². The van der Waals surface area contributed by atoms with Crippen LogP contribution >= 0.6 is 0 Å². The average molecular weight is 285 g/mol. The maximum absolute atomic E-state index is 10.7. The summed E-state index contributed by atoms with van der Waals surface area (Å²) in [5.41, 5.74) is 1.67. The van der Waals surface area contributed by atoms with Gasteiger partial charge in [0.15, 0.2) is 0 Å². The molecule has 2 N–H and O–H groups in total. The van der Waals surface area contributed by atoms with Crippen molar-refractivity contribution in [1.29, 1.82) is 0 Å². The summed E-state index contributed by atoms with van der Waals surface area (Å²) in [6.45, 7) is 2.94. The van der Waals surface area contributed by atoms with Gasteiger partial charge in [-0.05, 0) is 55.9 Å². The molecule has 2 saturated carbocycles. The number of hydrogen-bond acceptors (Lipinski definition) is 3. The maximum Gasteiger partial charge on any atom is 0.264 e. The Labute approximate surface area is 115 Å². The molecule has 3 aliphatic carbocycles. The molecule has 0 amide bonds. The zero-order chi connectivity index (χ0) is 13.6. The fourth-order valence-electron chi connectivity index (χ4n) is 4.37. The molecule has 0 aliphatic heterocycles. The predicted molar refractivity (Wildman–Crippen MR) is 74.4 cm³/mol. The van der Waals surface area contributed by atoms with Crippen LogP contribution in [0.25, 0.3) is 0 Å². The van der Waals surface area contributed by atoms with Crippen LogP contribution in [0.5, 0.6) is 0 Å². The summed E-state index contributed by atoms with van der Waals surface area (Å²) in [5, 5.41) is 3.53. The molecule has 2 fully saturated rings. The fraction of sp³-hybridized carbons (Fsp3) is 0.857. The molecule has 5 unspecified atom stereocenters. The molecule has 108 valence electrons. The summed E-state index contributed by atoms with van der Waals surface area (Å²) in [5.74, 6) is 2.92. The van der Waals surface area contributed by atoms with Crippen molar-refractivity contribution < 1.29 is 13.0 Å². The van der Waals surface area contributed by atoms with Crippen molar-refractivity contribution in [3.05, 3.63) is 11.6 Å². The molecule has 2 bridgehead atoms. The van der Waals surface area contributed by atoms with Crippen molar-refractivity contribution in [3.63, 3.8) is 0 Å². The molecule has 0 aromatic heterocycles. The zero-order valence-electron chi connectivity index (χ0n) is 11.4. The van der Waals surface area contributed by atoms with Gasteiger partial charge in [0, 0.05) is 6.04 Å². The van der Waals surface area contributed by atoms with Crippen LogP contribution in [-0.4, -0.2) is 31.3 Å². The number of hydrogen-bond donors (Lipinski definition) is 2. The van der Waals surface area contributed by atoms with Crippen LogP contribution < -0.4 is 5.32 Å². The van der Waals surface area contributed by atoms with Crippen molar-refractivity contribution in [3.8, 4) is 0 Å². The first kappa shape index (κ1) is 13.6. The summed E-state index contributed by atoms with van der Waals surface area (Å²) in [6, 6.07) is 0.478. The molecule has 3 aliphatic rings. The zero-order valence-corrected chi connectivity index (χ0v) is 12.2. The fourth-order valence-corrected chi connectivity index (χ4v) is 4.88. The second-order valence-corrected chi connectivity index (χ2v) is 8.09. The molecular formula is C14H23NO3S. The smallest absolute Gasteiger partial charge is 0.264 e. The Morgan fingerprint density at radius 3 is 2.89 bits per heavy atom. The Kier molecular flexibility index (Phi) is 3.48. The van der Waals surface area contributed by atoms with Gasteiger partial charge in [-0.3, -0.25) is 4.55 Å². The Bertz CT molecular complexity index is 485. The van der Waals surface area contributed by atoms with Crippen molar-refractivity contribution in [2.24, 2.45) is 23.7 Å². The number of rotatable bonds is 5. The molecule has 5 heteroatoms. The summed E-state index contributed by atoms with van der Waals surface area (Å²) >= 11 is 0. The van der Waals surface area contributed by atoms with E-state index in [1.807, 2.05) is 0 Å². The van der Waals surface area contributed by atoms with E-state index in [0.717, 1.165) is 17.8 Å². The molecule has 5 atom stereocenters. The standard InChI is InChI=1S/C14H23NO3S/c1-9-5-10-6-11-7-12(8-13(10)11)14(9)15-3-2-4-19(16,17)18/h5,9,11-15H,2-4,6-8H2,1H3,(H,16,17,18). The Morgan fingerprint density at radius 2 is 2.16 bits per heavy atom. The highest BCUT2D eigenvalue weighted by Crippen LogP contribution is 2.56. The van der Waals surface area contributed by atoms with Gasteiger partial charge in [-0.1, -0.05) is 18.6 Å². The van der Waals surface area contributed by atoms with Gasteiger partial charge < -0.3 is 5.32 Å². The van der Waals surface area contributed by atoms with E-state index in [2.05, 4.69) is 18.3 Å². The Morgan fingerprint density at radius 1 is 1.37 bits per heavy atom. The minimum absolute atomic E-state index is 0.141. The van der Waals surface area contributed by atoms with Gasteiger partial charge in [0.1, 0.15) is 0 Å². The molecular weight excluding hydrogens is 262 g/mol. The van der Waals surface area contributed by atoms with Crippen LogP contribution in [0.2, 0.25) is 0 Å². The number of allylic oxidation sites excluding steroid dienone is 1. The van der Waals surface area contributed by atoms with E-state index in [1.165, 1.54) is 19.3 Å². The molecule has 19 heavy (non-hydrogen) atoms. The molecule has 0 saturated heterocycles. The van der Waals surface area contributed by atoms with Gasteiger partial charge in [0.2, 0.25) is 0 Å². The largest absolute Gasteiger partial charge is 0.313 e. The van der Waals surface area contributed by atoms with Crippen molar-refractivity contribution >= 4 is 10.1 Å². The first-order valence-corrected chi connectivity index (χ1v) is 8.94. The van der Waals surface area contributed by atoms with Crippen LogP contribution in [-0.2, 0) is 10.1 Å². The van der Waals surface area contributed by atoms with Crippen molar-refractivity contribution in [1.82, 2.24) is 5.32 Å². The van der Waals surface area contributed by atoms with Crippen LogP contribution in [0.1, 0.15) is 32.6 Å². The van der Waals surface area contributed by atoms with E-state index in [9.17, 15) is 8.42 Å². The monoisotopic (exact) mass is 285 g/mol. The highest BCUT2D eigenvalue weighted by Gasteiger charge is 2.48. The summed E-state index contributed by atoms with van der Waals surface area (Å²) in [7, 11) is -3.81. The van der Waals surface area contributed by atoms with Gasteiger partial charge in [0.05, 0.1) is 5.75 Å². The van der Waals surface area contributed by atoms with Gasteiger partial charge >= 0.3 is 0 Å². The highest BCUT2D eigenvalue weighted by atomic mass is 32.2. The second kappa shape index (κ2) is 4.86. The lowest BCUT2D eigenvalue weighted by atomic mass is 9.70. The van der Waals surface area contributed by atoms with E-state index in [0.29, 0.717) is 24.9 Å². The summed E-state index contributed by atoms with van der Waals surface area (Å²) in [4.78, 5) is 0.